The molecule has 7 aromatic carbocycles. The fourth-order valence-electron chi connectivity index (χ4n) is 5.67. The van der Waals surface area contributed by atoms with E-state index in [1.54, 1.807) is 0 Å². The molecule has 1 nitrogen and oxygen atoms in total. The fourth-order valence-corrected chi connectivity index (χ4v) is 5.67. The molecule has 7 rings (SSSR count). The molecule has 0 atom stereocenters. The van der Waals surface area contributed by atoms with Crippen molar-refractivity contribution in [1.82, 2.24) is 0 Å². The molecule has 0 aliphatic carbocycles. The van der Waals surface area contributed by atoms with Gasteiger partial charge in [0.1, 0.15) is 0 Å². The number of anilines is 3. The summed E-state index contributed by atoms with van der Waals surface area (Å²) in [6, 6.07) is 48.2. The Morgan fingerprint density at radius 2 is 1.00 bits per heavy atom. The zero-order chi connectivity index (χ0) is 26.9. The molecule has 0 heterocycles. The van der Waals surface area contributed by atoms with Gasteiger partial charge in [-0.2, -0.15) is 0 Å². The van der Waals surface area contributed by atoms with Crippen LogP contribution in [0.4, 0.5) is 17.1 Å². The minimum absolute atomic E-state index is 1.14. The Bertz CT molecular complexity index is 1960. The molecule has 0 spiro atoms. The van der Waals surface area contributed by atoms with E-state index < -0.39 is 0 Å². The number of allylic oxidation sites excluding steroid dienone is 2. The highest BCUT2D eigenvalue weighted by molar-refractivity contribution is 6.25. The summed E-state index contributed by atoms with van der Waals surface area (Å²) < 4.78 is 0. The van der Waals surface area contributed by atoms with Crippen LogP contribution in [0.2, 0.25) is 0 Å². The first-order valence-electron chi connectivity index (χ1n) is 13.8. The molecule has 190 valence electrons. The first-order chi connectivity index (χ1) is 19.7. The normalized spacial score (nSPS) is 11.9. The van der Waals surface area contributed by atoms with Gasteiger partial charge in [0.25, 0.3) is 0 Å². The van der Waals surface area contributed by atoms with E-state index in [-0.39, 0.29) is 0 Å². The lowest BCUT2D eigenvalue weighted by atomic mass is 9.93. The zero-order valence-corrected chi connectivity index (χ0v) is 22.5. The van der Waals surface area contributed by atoms with Crippen molar-refractivity contribution in [2.75, 3.05) is 4.90 Å². The Hall–Kier alpha value is -5.14. The van der Waals surface area contributed by atoms with Gasteiger partial charge in [-0.15, -0.1) is 0 Å². The van der Waals surface area contributed by atoms with Crippen molar-refractivity contribution >= 4 is 61.5 Å². The molecule has 0 radical (unpaired) electrons. The molecule has 7 aromatic rings. The Kier molecular flexibility index (Phi) is 6.11. The highest BCUT2D eigenvalue weighted by atomic mass is 15.1. The third-order valence-electron chi connectivity index (χ3n) is 7.68. The van der Waals surface area contributed by atoms with E-state index in [4.69, 9.17) is 0 Å². The predicted octanol–water partition coefficient (Wildman–Crippen LogP) is 11.1. The van der Waals surface area contributed by atoms with Gasteiger partial charge in [-0.3, -0.25) is 0 Å². The minimum atomic E-state index is 1.14. The SMILES string of the molecule is Cc1ccc(N(c2ccc(C=CC=Cc3ccccc3)cc2)c2ccc3ccc4cccc5ccc2c3c45)cc1. The van der Waals surface area contributed by atoms with E-state index in [1.165, 1.54) is 54.7 Å². The maximum atomic E-state index is 2.38. The number of rotatable bonds is 6. The van der Waals surface area contributed by atoms with E-state index in [0.717, 1.165) is 11.4 Å². The van der Waals surface area contributed by atoms with Crippen molar-refractivity contribution in [1.29, 1.82) is 0 Å². The van der Waals surface area contributed by atoms with Crippen LogP contribution in [0.1, 0.15) is 16.7 Å². The summed E-state index contributed by atoms with van der Waals surface area (Å²) in [4.78, 5) is 2.38. The molecule has 0 N–H and O–H groups in total. The molecular formula is C39H29N. The van der Waals surface area contributed by atoms with Crippen LogP contribution in [-0.4, -0.2) is 0 Å². The number of benzene rings is 7. The molecule has 0 aromatic heterocycles. The standard InChI is InChI=1S/C39H29N/c1-28-14-22-34(23-15-28)40(35-24-16-30(17-25-35)11-6-5-10-29-8-3-2-4-9-29)37-27-21-33-19-18-31-12-7-13-32-20-26-36(37)39(33)38(31)32/h2-27H,1H3. The second-order valence-electron chi connectivity index (χ2n) is 10.3. The van der Waals surface area contributed by atoms with Crippen molar-refractivity contribution in [3.63, 3.8) is 0 Å². The molecule has 0 saturated carbocycles. The Labute approximate surface area is 235 Å². The molecule has 1 heteroatoms. The molecule has 0 unspecified atom stereocenters. The maximum Gasteiger partial charge on any atom is 0.0540 e. The van der Waals surface area contributed by atoms with Crippen LogP contribution >= 0.6 is 0 Å². The second kappa shape index (κ2) is 10.2. The van der Waals surface area contributed by atoms with Gasteiger partial charge >= 0.3 is 0 Å². The fraction of sp³-hybridized carbons (Fsp3) is 0.0256. The molecule has 0 saturated heterocycles. The van der Waals surface area contributed by atoms with Gasteiger partial charge in [0.15, 0.2) is 0 Å². The molecule has 0 amide bonds. The van der Waals surface area contributed by atoms with Gasteiger partial charge in [0, 0.05) is 16.8 Å². The monoisotopic (exact) mass is 511 g/mol. The highest BCUT2D eigenvalue weighted by Crippen LogP contribution is 2.43. The first kappa shape index (κ1) is 23.9. The van der Waals surface area contributed by atoms with E-state index in [9.17, 15) is 0 Å². The lowest BCUT2D eigenvalue weighted by Crippen LogP contribution is -2.10. The molecule has 0 fully saturated rings. The first-order valence-corrected chi connectivity index (χ1v) is 13.8. The number of hydrogen-bond donors (Lipinski definition) is 0. The van der Waals surface area contributed by atoms with Crippen LogP contribution in [0.5, 0.6) is 0 Å². The number of aryl methyl sites for hydroxylation is 1. The topological polar surface area (TPSA) is 3.24 Å². The lowest BCUT2D eigenvalue weighted by molar-refractivity contribution is 1.29. The number of hydrogen-bond acceptors (Lipinski definition) is 1. The summed E-state index contributed by atoms with van der Waals surface area (Å²) in [7, 11) is 0. The van der Waals surface area contributed by atoms with Gasteiger partial charge in [-0.25, -0.2) is 0 Å². The van der Waals surface area contributed by atoms with Crippen molar-refractivity contribution in [3.8, 4) is 0 Å². The van der Waals surface area contributed by atoms with Gasteiger partial charge in [-0.05, 0) is 75.3 Å². The average molecular weight is 512 g/mol. The quantitative estimate of drug-likeness (QED) is 0.158. The van der Waals surface area contributed by atoms with Crippen molar-refractivity contribution < 1.29 is 0 Å². The predicted molar refractivity (Wildman–Crippen MR) is 174 cm³/mol. The van der Waals surface area contributed by atoms with Crippen molar-refractivity contribution in [2.45, 2.75) is 6.92 Å². The van der Waals surface area contributed by atoms with Gasteiger partial charge < -0.3 is 4.90 Å². The molecule has 0 aliphatic rings. The summed E-state index contributed by atoms with van der Waals surface area (Å²) in [6.07, 6.45) is 8.46. The lowest BCUT2D eigenvalue weighted by Gasteiger charge is -2.28. The van der Waals surface area contributed by atoms with Crippen LogP contribution < -0.4 is 4.90 Å². The van der Waals surface area contributed by atoms with E-state index in [1.807, 2.05) is 6.07 Å². The molecule has 40 heavy (non-hydrogen) atoms. The van der Waals surface area contributed by atoms with E-state index in [0.29, 0.717) is 0 Å². The average Bonchev–Trinajstić information content (AvgIpc) is 3.01. The third-order valence-corrected chi connectivity index (χ3v) is 7.68. The van der Waals surface area contributed by atoms with Gasteiger partial charge in [0.2, 0.25) is 0 Å². The van der Waals surface area contributed by atoms with Crippen LogP contribution in [0, 0.1) is 6.92 Å². The number of nitrogens with zero attached hydrogens (tertiary/aromatic N) is 1. The summed E-state index contributed by atoms with van der Waals surface area (Å²) in [5.41, 5.74) is 7.09. The summed E-state index contributed by atoms with van der Waals surface area (Å²) >= 11 is 0. The van der Waals surface area contributed by atoms with Crippen molar-refractivity contribution in [2.24, 2.45) is 0 Å². The summed E-state index contributed by atoms with van der Waals surface area (Å²) in [5, 5.41) is 7.77. The van der Waals surface area contributed by atoms with Crippen molar-refractivity contribution in [3.05, 3.63) is 162 Å². The summed E-state index contributed by atoms with van der Waals surface area (Å²) in [5.74, 6) is 0. The van der Waals surface area contributed by atoms with E-state index in [2.05, 4.69) is 164 Å². The van der Waals surface area contributed by atoms with Gasteiger partial charge in [-0.1, -0.05) is 133 Å². The van der Waals surface area contributed by atoms with E-state index >= 15 is 0 Å². The Balaban J connectivity index is 1.31. The van der Waals surface area contributed by atoms with Crippen LogP contribution in [0.3, 0.4) is 0 Å². The smallest absolute Gasteiger partial charge is 0.0540 e. The molecule has 0 bridgehead atoms. The minimum Gasteiger partial charge on any atom is -0.310 e. The van der Waals surface area contributed by atoms with Gasteiger partial charge in [0.05, 0.1) is 5.69 Å². The highest BCUT2D eigenvalue weighted by Gasteiger charge is 2.18. The summed E-state index contributed by atoms with van der Waals surface area (Å²) in [6.45, 7) is 2.14. The van der Waals surface area contributed by atoms with Crippen LogP contribution in [-0.2, 0) is 0 Å². The Morgan fingerprint density at radius 3 is 1.68 bits per heavy atom. The van der Waals surface area contributed by atoms with Crippen LogP contribution in [0.25, 0.3) is 44.5 Å². The second-order valence-corrected chi connectivity index (χ2v) is 10.3. The zero-order valence-electron chi connectivity index (χ0n) is 22.5. The largest absolute Gasteiger partial charge is 0.310 e. The maximum absolute atomic E-state index is 2.38. The third kappa shape index (κ3) is 4.42. The Morgan fingerprint density at radius 1 is 0.450 bits per heavy atom. The molecular weight excluding hydrogens is 482 g/mol. The van der Waals surface area contributed by atoms with Crippen LogP contribution in [0.15, 0.2) is 146 Å². The molecule has 0 aliphatic heterocycles.